The highest BCUT2D eigenvalue weighted by Crippen LogP contribution is 2.14. The Balaban J connectivity index is 2.00. The maximum atomic E-state index is 13.2. The first-order valence-electron chi connectivity index (χ1n) is 7.52. The quantitative estimate of drug-likeness (QED) is 0.823. The lowest BCUT2D eigenvalue weighted by Gasteiger charge is -2.33. The number of benzene rings is 1. The van der Waals surface area contributed by atoms with Crippen molar-refractivity contribution in [3.05, 3.63) is 29.8 Å². The molecule has 0 radical (unpaired) electrons. The predicted octanol–water partition coefficient (Wildman–Crippen LogP) is 1.13. The minimum atomic E-state index is -4.07. The fourth-order valence-corrected chi connectivity index (χ4v) is 3.50. The van der Waals surface area contributed by atoms with Crippen LogP contribution in [-0.4, -0.2) is 51.6 Å². The van der Waals surface area contributed by atoms with Crippen molar-refractivity contribution in [2.75, 3.05) is 26.2 Å². The largest absolute Gasteiger partial charge is 0.365 e. The van der Waals surface area contributed by atoms with Gasteiger partial charge in [0.2, 0.25) is 15.9 Å². The van der Waals surface area contributed by atoms with Crippen molar-refractivity contribution in [1.82, 2.24) is 9.62 Å². The number of amides is 1. The van der Waals surface area contributed by atoms with E-state index in [1.807, 2.05) is 13.8 Å². The van der Waals surface area contributed by atoms with E-state index >= 15 is 0 Å². The van der Waals surface area contributed by atoms with Crippen molar-refractivity contribution in [1.29, 1.82) is 0 Å². The molecule has 0 aliphatic carbocycles. The molecule has 1 aliphatic rings. The number of carbonyl (C=O) groups excluding carboxylic acids is 1. The van der Waals surface area contributed by atoms with Gasteiger partial charge < -0.3 is 9.64 Å². The molecule has 1 unspecified atom stereocenters. The molecule has 134 valence electrons. The molecule has 0 saturated carbocycles. The Hall–Kier alpha value is -1.58. The summed E-state index contributed by atoms with van der Waals surface area (Å²) in [5.41, 5.74) is 0. The number of morpholine rings is 1. The predicted molar refractivity (Wildman–Crippen MR) is 82.7 cm³/mol. The highest BCUT2D eigenvalue weighted by molar-refractivity contribution is 7.89. The van der Waals surface area contributed by atoms with E-state index in [9.17, 15) is 22.0 Å². The summed E-state index contributed by atoms with van der Waals surface area (Å²) in [6.45, 7) is 4.55. The van der Waals surface area contributed by atoms with Gasteiger partial charge >= 0.3 is 0 Å². The second-order valence-corrected chi connectivity index (χ2v) is 7.85. The third kappa shape index (κ3) is 4.96. The Labute approximate surface area is 139 Å². The van der Waals surface area contributed by atoms with Crippen LogP contribution in [0.25, 0.3) is 0 Å². The SMILES string of the molecule is CC(C)CN1CC(CNS(=O)(=O)c2cc(F)cc(F)c2)OCC1=O. The van der Waals surface area contributed by atoms with Crippen molar-refractivity contribution < 1.29 is 26.7 Å². The van der Waals surface area contributed by atoms with Crippen LogP contribution in [0.5, 0.6) is 0 Å². The fourth-order valence-electron chi connectivity index (χ4n) is 2.39. The van der Waals surface area contributed by atoms with Gasteiger partial charge in [0.15, 0.2) is 0 Å². The van der Waals surface area contributed by atoms with Crippen LogP contribution < -0.4 is 4.72 Å². The van der Waals surface area contributed by atoms with Gasteiger partial charge in [0, 0.05) is 25.7 Å². The third-order valence-corrected chi connectivity index (χ3v) is 4.86. The van der Waals surface area contributed by atoms with Gasteiger partial charge in [-0.3, -0.25) is 4.79 Å². The summed E-state index contributed by atoms with van der Waals surface area (Å²) in [5, 5.41) is 0. The summed E-state index contributed by atoms with van der Waals surface area (Å²) in [4.78, 5) is 12.9. The third-order valence-electron chi connectivity index (χ3n) is 3.45. The molecular weight excluding hydrogens is 342 g/mol. The number of rotatable bonds is 6. The summed E-state index contributed by atoms with van der Waals surface area (Å²) in [6.07, 6.45) is -0.519. The zero-order chi connectivity index (χ0) is 17.9. The molecule has 1 saturated heterocycles. The average molecular weight is 362 g/mol. The van der Waals surface area contributed by atoms with E-state index in [2.05, 4.69) is 4.72 Å². The Bertz CT molecular complexity index is 689. The van der Waals surface area contributed by atoms with E-state index in [0.29, 0.717) is 12.6 Å². The number of nitrogens with zero attached hydrogens (tertiary/aromatic N) is 1. The van der Waals surface area contributed by atoms with Crippen LogP contribution in [0.3, 0.4) is 0 Å². The molecular formula is C15H20F2N2O4S. The van der Waals surface area contributed by atoms with Crippen LogP contribution in [0, 0.1) is 17.6 Å². The molecule has 1 aromatic rings. The molecule has 1 atom stereocenters. The normalized spacial score (nSPS) is 19.1. The molecule has 1 heterocycles. The number of hydrogen-bond acceptors (Lipinski definition) is 4. The van der Waals surface area contributed by atoms with Gasteiger partial charge in [0.1, 0.15) is 18.2 Å². The van der Waals surface area contributed by atoms with Gasteiger partial charge in [-0.25, -0.2) is 21.9 Å². The smallest absolute Gasteiger partial charge is 0.248 e. The standard InChI is InChI=1S/C15H20F2N2O4S/c1-10(2)7-19-8-13(23-9-15(19)20)6-18-24(21,22)14-4-11(16)3-12(17)5-14/h3-5,10,13,18H,6-9H2,1-2H3. The molecule has 1 amide bonds. The van der Waals surface area contributed by atoms with E-state index in [1.54, 1.807) is 4.90 Å². The van der Waals surface area contributed by atoms with Crippen LogP contribution in [0.2, 0.25) is 0 Å². The zero-order valence-corrected chi connectivity index (χ0v) is 14.3. The number of sulfonamides is 1. The van der Waals surface area contributed by atoms with Crippen molar-refractivity contribution in [3.63, 3.8) is 0 Å². The molecule has 0 aromatic heterocycles. The van der Waals surface area contributed by atoms with Crippen molar-refractivity contribution in [2.24, 2.45) is 5.92 Å². The first kappa shape index (κ1) is 18.8. The molecule has 9 heteroatoms. The molecule has 2 rings (SSSR count). The first-order chi connectivity index (χ1) is 11.2. The van der Waals surface area contributed by atoms with E-state index in [4.69, 9.17) is 4.74 Å². The van der Waals surface area contributed by atoms with Crippen LogP contribution in [0.4, 0.5) is 8.78 Å². The topological polar surface area (TPSA) is 75.7 Å². The highest BCUT2D eigenvalue weighted by atomic mass is 32.2. The second kappa shape index (κ2) is 7.54. The van der Waals surface area contributed by atoms with E-state index in [1.165, 1.54) is 0 Å². The van der Waals surface area contributed by atoms with Gasteiger partial charge in [-0.1, -0.05) is 13.8 Å². The first-order valence-corrected chi connectivity index (χ1v) is 9.01. The lowest BCUT2D eigenvalue weighted by Crippen LogP contribution is -2.51. The molecule has 1 N–H and O–H groups in total. The maximum Gasteiger partial charge on any atom is 0.248 e. The maximum absolute atomic E-state index is 13.2. The Morgan fingerprint density at radius 1 is 1.29 bits per heavy atom. The monoisotopic (exact) mass is 362 g/mol. The summed E-state index contributed by atoms with van der Waals surface area (Å²) < 4.78 is 58.2. The van der Waals surface area contributed by atoms with Crippen molar-refractivity contribution in [2.45, 2.75) is 24.8 Å². The van der Waals surface area contributed by atoms with Gasteiger partial charge in [-0.05, 0) is 18.1 Å². The van der Waals surface area contributed by atoms with E-state index in [0.717, 1.165) is 12.1 Å². The van der Waals surface area contributed by atoms with Crippen molar-refractivity contribution >= 4 is 15.9 Å². The zero-order valence-electron chi connectivity index (χ0n) is 13.5. The number of ether oxygens (including phenoxy) is 1. The highest BCUT2D eigenvalue weighted by Gasteiger charge is 2.28. The van der Waals surface area contributed by atoms with Gasteiger partial charge in [0.05, 0.1) is 11.0 Å². The summed E-state index contributed by atoms with van der Waals surface area (Å²) in [7, 11) is -4.07. The minimum absolute atomic E-state index is 0.0949. The molecule has 1 aliphatic heterocycles. The molecule has 0 bridgehead atoms. The summed E-state index contributed by atoms with van der Waals surface area (Å²) in [5.74, 6) is -1.81. The Morgan fingerprint density at radius 2 is 1.92 bits per heavy atom. The van der Waals surface area contributed by atoms with Gasteiger partial charge in [-0.2, -0.15) is 0 Å². The number of hydrogen-bond donors (Lipinski definition) is 1. The van der Waals surface area contributed by atoms with Gasteiger partial charge in [0.25, 0.3) is 0 Å². The molecule has 1 aromatic carbocycles. The fraction of sp³-hybridized carbons (Fsp3) is 0.533. The molecule has 1 fully saturated rings. The number of halogens is 2. The molecule has 0 spiro atoms. The average Bonchev–Trinajstić information content (AvgIpc) is 2.46. The Kier molecular flexibility index (Phi) is 5.89. The molecule has 24 heavy (non-hydrogen) atoms. The van der Waals surface area contributed by atoms with Crippen LogP contribution in [0.1, 0.15) is 13.8 Å². The molecule has 6 nitrogen and oxygen atoms in total. The minimum Gasteiger partial charge on any atom is -0.365 e. The Morgan fingerprint density at radius 3 is 2.50 bits per heavy atom. The van der Waals surface area contributed by atoms with E-state index < -0.39 is 32.7 Å². The van der Waals surface area contributed by atoms with Crippen LogP contribution in [-0.2, 0) is 19.6 Å². The number of nitrogens with one attached hydrogen (secondary N) is 1. The lowest BCUT2D eigenvalue weighted by molar-refractivity contribution is -0.149. The van der Waals surface area contributed by atoms with Gasteiger partial charge in [-0.15, -0.1) is 0 Å². The van der Waals surface area contributed by atoms with Crippen LogP contribution >= 0.6 is 0 Å². The number of carbonyl (C=O) groups is 1. The second-order valence-electron chi connectivity index (χ2n) is 6.08. The van der Waals surface area contributed by atoms with Crippen LogP contribution in [0.15, 0.2) is 23.1 Å². The summed E-state index contributed by atoms with van der Waals surface area (Å²) in [6, 6.07) is 2.07. The van der Waals surface area contributed by atoms with E-state index in [-0.39, 0.29) is 31.5 Å². The lowest BCUT2D eigenvalue weighted by atomic mass is 10.2. The van der Waals surface area contributed by atoms with Crippen molar-refractivity contribution in [3.8, 4) is 0 Å². The summed E-state index contributed by atoms with van der Waals surface area (Å²) >= 11 is 0.